The third-order valence-electron chi connectivity index (χ3n) is 3.52. The van der Waals surface area contributed by atoms with Crippen molar-refractivity contribution < 1.29 is 9.21 Å². The van der Waals surface area contributed by atoms with Crippen LogP contribution in [0.25, 0.3) is 11.0 Å². The molecule has 1 heterocycles. The Hall–Kier alpha value is -1.52. The summed E-state index contributed by atoms with van der Waals surface area (Å²) in [5, 5.41) is 1.10. The van der Waals surface area contributed by atoms with Gasteiger partial charge in [-0.2, -0.15) is 0 Å². The van der Waals surface area contributed by atoms with Crippen molar-refractivity contribution in [2.75, 3.05) is 13.6 Å². The molecule has 0 radical (unpaired) electrons. The predicted molar refractivity (Wildman–Crippen MR) is 87.6 cm³/mol. The van der Waals surface area contributed by atoms with Crippen LogP contribution in [-0.4, -0.2) is 24.4 Å². The lowest BCUT2D eigenvalue weighted by atomic mass is 10.1. The Kier molecular flexibility index (Phi) is 6.72. The van der Waals surface area contributed by atoms with Gasteiger partial charge >= 0.3 is 0 Å². The molecule has 0 atom stereocenters. The number of carbonyl (C=O) groups excluding carboxylic acids is 1. The third-order valence-corrected chi connectivity index (χ3v) is 3.52. The Morgan fingerprint density at radius 3 is 2.71 bits per heavy atom. The van der Waals surface area contributed by atoms with Gasteiger partial charge < -0.3 is 15.1 Å². The van der Waals surface area contributed by atoms with Gasteiger partial charge in [0.1, 0.15) is 11.3 Å². The summed E-state index contributed by atoms with van der Waals surface area (Å²) in [5.41, 5.74) is 7.46. The average Bonchev–Trinajstić information content (AvgIpc) is 2.82. The second-order valence-corrected chi connectivity index (χ2v) is 5.00. The first-order chi connectivity index (χ1) is 9.67. The number of nitrogens with zero attached hydrogens (tertiary/aromatic N) is 1. The van der Waals surface area contributed by atoms with Crippen LogP contribution in [0.1, 0.15) is 31.1 Å². The number of fused-ring (bicyclic) bond motifs is 1. The van der Waals surface area contributed by atoms with Crippen LogP contribution < -0.4 is 5.73 Å². The van der Waals surface area contributed by atoms with Crippen LogP contribution in [0.5, 0.6) is 0 Å². The quantitative estimate of drug-likeness (QED) is 0.892. The zero-order chi connectivity index (χ0) is 14.5. The molecule has 21 heavy (non-hydrogen) atoms. The fraction of sp³-hybridized carbons (Fsp3) is 0.438. The van der Waals surface area contributed by atoms with Crippen molar-refractivity contribution in [2.24, 2.45) is 5.73 Å². The molecule has 116 valence electrons. The second-order valence-electron chi connectivity index (χ2n) is 5.00. The zero-order valence-corrected chi connectivity index (χ0v) is 13.4. The standard InChI is InChI=1S/C16H22N2O2.ClH/c1-3-14-13(11-18(2)16(19)9-6-10-17)12-7-4-5-8-15(12)20-14;/h4-5,7-8H,3,6,9-11,17H2,1-2H3;1H. The Morgan fingerprint density at radius 2 is 2.05 bits per heavy atom. The van der Waals surface area contributed by atoms with Crippen LogP contribution >= 0.6 is 12.4 Å². The van der Waals surface area contributed by atoms with Crippen LogP contribution in [0, 0.1) is 0 Å². The topological polar surface area (TPSA) is 59.5 Å². The van der Waals surface area contributed by atoms with Crippen LogP contribution in [0.2, 0.25) is 0 Å². The molecule has 2 aromatic rings. The van der Waals surface area contributed by atoms with E-state index in [2.05, 4.69) is 6.92 Å². The summed E-state index contributed by atoms with van der Waals surface area (Å²) in [6, 6.07) is 7.97. The van der Waals surface area contributed by atoms with Crippen LogP contribution in [0.3, 0.4) is 0 Å². The molecule has 0 aliphatic heterocycles. The summed E-state index contributed by atoms with van der Waals surface area (Å²) in [6.07, 6.45) is 2.06. The number of halogens is 1. The lowest BCUT2D eigenvalue weighted by Crippen LogP contribution is -2.26. The van der Waals surface area contributed by atoms with Gasteiger partial charge in [-0.1, -0.05) is 25.1 Å². The SMILES string of the molecule is CCc1oc2ccccc2c1CN(C)C(=O)CCCN.Cl. The normalized spacial score (nSPS) is 10.4. The summed E-state index contributed by atoms with van der Waals surface area (Å²) in [4.78, 5) is 13.8. The summed E-state index contributed by atoms with van der Waals surface area (Å²) in [5.74, 6) is 1.09. The highest BCUT2D eigenvalue weighted by Gasteiger charge is 2.16. The van der Waals surface area contributed by atoms with E-state index in [0.29, 0.717) is 19.5 Å². The lowest BCUT2D eigenvalue weighted by Gasteiger charge is -2.17. The zero-order valence-electron chi connectivity index (χ0n) is 12.6. The maximum atomic E-state index is 12.0. The van der Waals surface area contributed by atoms with Gasteiger partial charge in [-0.15, -0.1) is 12.4 Å². The van der Waals surface area contributed by atoms with Gasteiger partial charge in [-0.3, -0.25) is 4.79 Å². The van der Waals surface area contributed by atoms with Crippen molar-refractivity contribution in [3.8, 4) is 0 Å². The smallest absolute Gasteiger partial charge is 0.222 e. The average molecular weight is 311 g/mol. The van der Waals surface area contributed by atoms with Gasteiger partial charge in [0.05, 0.1) is 0 Å². The second kappa shape index (κ2) is 8.05. The molecule has 0 unspecified atom stereocenters. The third kappa shape index (κ3) is 3.99. The van der Waals surface area contributed by atoms with Crippen molar-refractivity contribution in [3.63, 3.8) is 0 Å². The van der Waals surface area contributed by atoms with Crippen molar-refractivity contribution in [1.82, 2.24) is 4.90 Å². The van der Waals surface area contributed by atoms with Gasteiger partial charge in [0.15, 0.2) is 0 Å². The molecular weight excluding hydrogens is 288 g/mol. The van der Waals surface area contributed by atoms with Crippen molar-refractivity contribution >= 4 is 29.3 Å². The Morgan fingerprint density at radius 1 is 1.33 bits per heavy atom. The lowest BCUT2D eigenvalue weighted by molar-refractivity contribution is -0.130. The molecule has 0 saturated carbocycles. The summed E-state index contributed by atoms with van der Waals surface area (Å²) < 4.78 is 5.85. The minimum atomic E-state index is 0. The first-order valence-corrected chi connectivity index (χ1v) is 7.10. The van der Waals surface area contributed by atoms with E-state index in [4.69, 9.17) is 10.2 Å². The molecule has 1 amide bonds. The van der Waals surface area contributed by atoms with Crippen LogP contribution in [0.15, 0.2) is 28.7 Å². The van der Waals surface area contributed by atoms with E-state index >= 15 is 0 Å². The fourth-order valence-electron chi connectivity index (χ4n) is 2.38. The number of para-hydroxylation sites is 1. The number of aryl methyl sites for hydroxylation is 1. The Balaban J connectivity index is 0.00000220. The number of rotatable bonds is 6. The molecule has 0 aliphatic rings. The molecule has 0 saturated heterocycles. The Bertz CT molecular complexity index is 595. The van der Waals surface area contributed by atoms with Gasteiger partial charge in [-0.05, 0) is 19.0 Å². The van der Waals surface area contributed by atoms with Crippen molar-refractivity contribution in [2.45, 2.75) is 32.7 Å². The molecule has 1 aromatic carbocycles. The van der Waals surface area contributed by atoms with E-state index in [9.17, 15) is 4.79 Å². The van der Waals surface area contributed by atoms with E-state index < -0.39 is 0 Å². The molecule has 2 rings (SSSR count). The first-order valence-electron chi connectivity index (χ1n) is 7.10. The minimum absolute atomic E-state index is 0. The summed E-state index contributed by atoms with van der Waals surface area (Å²) >= 11 is 0. The molecule has 0 fully saturated rings. The highest BCUT2D eigenvalue weighted by atomic mass is 35.5. The maximum Gasteiger partial charge on any atom is 0.222 e. The number of furan rings is 1. The van der Waals surface area contributed by atoms with Gasteiger partial charge in [0, 0.05) is 37.4 Å². The number of amides is 1. The van der Waals surface area contributed by atoms with Gasteiger partial charge in [0.25, 0.3) is 0 Å². The van der Waals surface area contributed by atoms with E-state index in [1.807, 2.05) is 31.3 Å². The molecule has 5 heteroatoms. The van der Waals surface area contributed by atoms with E-state index in [1.165, 1.54) is 0 Å². The number of hydrogen-bond acceptors (Lipinski definition) is 3. The molecule has 4 nitrogen and oxygen atoms in total. The molecule has 1 aromatic heterocycles. The van der Waals surface area contributed by atoms with Crippen molar-refractivity contribution in [1.29, 1.82) is 0 Å². The number of nitrogens with two attached hydrogens (primary N) is 1. The largest absolute Gasteiger partial charge is 0.461 e. The number of hydrogen-bond donors (Lipinski definition) is 1. The molecule has 0 spiro atoms. The first kappa shape index (κ1) is 17.5. The highest BCUT2D eigenvalue weighted by Crippen LogP contribution is 2.27. The molecule has 0 bridgehead atoms. The number of carbonyl (C=O) groups is 1. The van der Waals surface area contributed by atoms with Gasteiger partial charge in [0.2, 0.25) is 5.91 Å². The van der Waals surface area contributed by atoms with E-state index in [-0.39, 0.29) is 18.3 Å². The summed E-state index contributed by atoms with van der Waals surface area (Å²) in [7, 11) is 1.83. The predicted octanol–water partition coefficient (Wildman–Crippen LogP) is 3.11. The minimum Gasteiger partial charge on any atom is -0.461 e. The fourth-order valence-corrected chi connectivity index (χ4v) is 2.38. The number of benzene rings is 1. The Labute approximate surface area is 131 Å². The van der Waals surface area contributed by atoms with Crippen LogP contribution in [-0.2, 0) is 17.8 Å². The monoisotopic (exact) mass is 310 g/mol. The highest BCUT2D eigenvalue weighted by molar-refractivity contribution is 5.85. The molecule has 2 N–H and O–H groups in total. The van der Waals surface area contributed by atoms with Crippen LogP contribution in [0.4, 0.5) is 0 Å². The van der Waals surface area contributed by atoms with E-state index in [1.54, 1.807) is 4.90 Å². The van der Waals surface area contributed by atoms with Crippen molar-refractivity contribution in [3.05, 3.63) is 35.6 Å². The summed E-state index contributed by atoms with van der Waals surface area (Å²) in [6.45, 7) is 3.20. The molecular formula is C16H23ClN2O2. The maximum absolute atomic E-state index is 12.0. The van der Waals surface area contributed by atoms with E-state index in [0.717, 1.165) is 35.1 Å². The van der Waals surface area contributed by atoms with Gasteiger partial charge in [-0.25, -0.2) is 0 Å². The molecule has 0 aliphatic carbocycles.